The van der Waals surface area contributed by atoms with Gasteiger partial charge in [0, 0.05) is 108 Å². The topological polar surface area (TPSA) is 239 Å². The molecule has 5 amide bonds. The number of carbonyl (C=O) groups excluding carboxylic acids is 4. The SMILES string of the molecule is Cc1cc(-c2ncnn2C)c2cccc(OCc3c(Cl)cc(F)cc3[C@H](C)N3CC[C@@H](F)C3=O)c2n1.Cc1cc(-c2ncnn2C)c2cccc(OCc3c(Cl)cc(F)cc3[C@H](C)N3C[C@@H](OC(F)F)CC3=O)c2n1.Cc1cc(-n2cc(F)cn2)c2cccc(OCc3c(Cl)cc(F)cc3[C@H](C)N3CC(=O)N(CCN(C)C)C3=O)c2n1. The fourth-order valence-electron chi connectivity index (χ4n) is 14.6. The number of fused-ring (bicyclic) bond motifs is 3. The van der Waals surface area contributed by atoms with Crippen LogP contribution in [-0.2, 0) is 53.0 Å². The van der Waals surface area contributed by atoms with Crippen molar-refractivity contribution in [3.8, 4) is 45.7 Å². The highest BCUT2D eigenvalue weighted by molar-refractivity contribution is 6.32. The van der Waals surface area contributed by atoms with Crippen LogP contribution in [0.2, 0.25) is 15.1 Å². The molecule has 3 aliphatic heterocycles. The Hall–Kier alpha value is -11.4. The average molecular weight is 1650 g/mol. The number of likely N-dealkylation sites (tertiary alicyclic amines) is 2. The molecule has 0 unspecified atom stereocenters. The quantitative estimate of drug-likeness (QED) is 0.0427. The monoisotopic (exact) mass is 1650 g/mol. The van der Waals surface area contributed by atoms with Gasteiger partial charge in [0.2, 0.25) is 11.8 Å². The number of alkyl halides is 3. The van der Waals surface area contributed by atoms with Crippen LogP contribution in [0.25, 0.3) is 61.2 Å². The summed E-state index contributed by atoms with van der Waals surface area (Å²) < 4.78 is 124. The number of carbonyl (C=O) groups is 4. The van der Waals surface area contributed by atoms with E-state index in [0.29, 0.717) is 102 Å². The van der Waals surface area contributed by atoms with E-state index >= 15 is 0 Å². The number of halogens is 10. The van der Waals surface area contributed by atoms with Crippen LogP contribution in [0, 0.1) is 44.0 Å². The van der Waals surface area contributed by atoms with Gasteiger partial charge in [-0.1, -0.05) is 71.2 Å². The summed E-state index contributed by atoms with van der Waals surface area (Å²) in [6, 6.07) is 27.3. The second-order valence-electron chi connectivity index (χ2n) is 28.5. The number of benzene rings is 6. The van der Waals surface area contributed by atoms with E-state index in [1.165, 1.54) is 79.5 Å². The Bertz CT molecular complexity index is 5760. The largest absolute Gasteiger partial charge is 0.487 e. The van der Waals surface area contributed by atoms with Crippen molar-refractivity contribution in [3.05, 3.63) is 223 Å². The maximum atomic E-state index is 14.6. The van der Waals surface area contributed by atoms with Gasteiger partial charge in [-0.2, -0.15) is 24.1 Å². The molecule has 0 spiro atoms. The van der Waals surface area contributed by atoms with Crippen molar-refractivity contribution in [1.82, 2.24) is 78.8 Å². The van der Waals surface area contributed by atoms with Crippen molar-refractivity contribution in [2.24, 2.45) is 14.1 Å². The maximum absolute atomic E-state index is 14.6. The predicted octanol–water partition coefficient (Wildman–Crippen LogP) is 16.1. The van der Waals surface area contributed by atoms with Crippen LogP contribution in [0.15, 0.2) is 134 Å². The van der Waals surface area contributed by atoms with Crippen molar-refractivity contribution < 1.29 is 68.9 Å². The third kappa shape index (κ3) is 17.7. The molecule has 5 atom stereocenters. The first-order valence-corrected chi connectivity index (χ1v) is 37.9. The van der Waals surface area contributed by atoms with Crippen LogP contribution < -0.4 is 14.2 Å². The third-order valence-electron chi connectivity index (χ3n) is 20.4. The minimum atomic E-state index is -2.99. The lowest BCUT2D eigenvalue weighted by atomic mass is 10.00. The first-order chi connectivity index (χ1) is 55.4. The van der Waals surface area contributed by atoms with Gasteiger partial charge in [-0.25, -0.2) is 65.7 Å². The number of ether oxygens (including phenoxy) is 4. The molecule has 3 fully saturated rings. The normalized spacial score (nSPS) is 15.8. The zero-order valence-electron chi connectivity index (χ0n) is 64.4. The minimum Gasteiger partial charge on any atom is -0.487 e. The van der Waals surface area contributed by atoms with Crippen LogP contribution in [0.1, 0.15) is 102 Å². The van der Waals surface area contributed by atoms with Crippen molar-refractivity contribution >= 4 is 91.3 Å². The van der Waals surface area contributed by atoms with Gasteiger partial charge in [0.15, 0.2) is 23.6 Å². The van der Waals surface area contributed by atoms with Crippen molar-refractivity contribution in [1.29, 1.82) is 0 Å². The molecular weight excluding hydrogens is 1580 g/mol. The first-order valence-electron chi connectivity index (χ1n) is 36.8. The molecule has 3 aliphatic rings. The Morgan fingerprint density at radius 3 is 1.43 bits per heavy atom. The number of hydrogen-bond donors (Lipinski definition) is 0. The number of aryl methyl sites for hydroxylation is 5. The van der Waals surface area contributed by atoms with Gasteiger partial charge >= 0.3 is 12.6 Å². The van der Waals surface area contributed by atoms with Gasteiger partial charge in [0.25, 0.3) is 5.91 Å². The van der Waals surface area contributed by atoms with E-state index in [9.17, 15) is 49.9 Å². The van der Waals surface area contributed by atoms with Crippen molar-refractivity contribution in [2.45, 2.75) is 111 Å². The Kier molecular flexibility index (Phi) is 24.9. The molecule has 6 aromatic heterocycles. The second kappa shape index (κ2) is 35.0. The highest BCUT2D eigenvalue weighted by Crippen LogP contribution is 2.41. The smallest absolute Gasteiger partial charge is 0.345 e. The fraction of sp³-hybridized carbons (Fsp3) is 0.317. The zero-order chi connectivity index (χ0) is 82.8. The highest BCUT2D eigenvalue weighted by Gasteiger charge is 2.41. The van der Waals surface area contributed by atoms with E-state index in [1.807, 2.05) is 89.3 Å². The Morgan fingerprint density at radius 2 is 1.01 bits per heavy atom. The molecule has 34 heteroatoms. The van der Waals surface area contributed by atoms with Crippen molar-refractivity contribution in [3.63, 3.8) is 0 Å². The molecule has 15 rings (SSSR count). The number of rotatable bonds is 23. The van der Waals surface area contributed by atoms with E-state index in [-0.39, 0.29) is 85.7 Å². The highest BCUT2D eigenvalue weighted by atomic mass is 35.5. The molecule has 604 valence electrons. The van der Waals surface area contributed by atoms with E-state index in [1.54, 1.807) is 67.5 Å². The summed E-state index contributed by atoms with van der Waals surface area (Å²) in [4.78, 5) is 80.7. The van der Waals surface area contributed by atoms with Crippen LogP contribution >= 0.6 is 34.8 Å². The summed E-state index contributed by atoms with van der Waals surface area (Å²) in [7, 11) is 7.34. The summed E-state index contributed by atoms with van der Waals surface area (Å²) in [5.41, 5.74) is 9.10. The molecule has 24 nitrogen and oxygen atoms in total. The van der Waals surface area contributed by atoms with Crippen molar-refractivity contribution in [2.75, 3.05) is 46.8 Å². The molecule has 116 heavy (non-hydrogen) atoms. The van der Waals surface area contributed by atoms with Gasteiger partial charge < -0.3 is 38.5 Å². The Labute approximate surface area is 676 Å². The summed E-state index contributed by atoms with van der Waals surface area (Å²) >= 11 is 19.4. The molecule has 3 saturated heterocycles. The Balaban J connectivity index is 0.000000152. The molecular formula is C82H78Cl3F7N16O8. The van der Waals surface area contributed by atoms with Gasteiger partial charge in [-0.3, -0.25) is 19.3 Å². The van der Waals surface area contributed by atoms with E-state index in [2.05, 4.69) is 40.0 Å². The maximum Gasteiger partial charge on any atom is 0.345 e. The number of amides is 5. The summed E-state index contributed by atoms with van der Waals surface area (Å²) in [5.74, 6) is -0.653. The fourth-order valence-corrected chi connectivity index (χ4v) is 15.4. The molecule has 0 bridgehead atoms. The third-order valence-corrected chi connectivity index (χ3v) is 21.4. The Morgan fingerprint density at radius 1 is 0.560 bits per heavy atom. The average Bonchev–Trinajstić information content (AvgIpc) is 1.09. The van der Waals surface area contributed by atoms with Crippen LogP contribution in [-0.4, -0.2) is 168 Å². The van der Waals surface area contributed by atoms with E-state index in [0.717, 1.165) is 39.5 Å². The molecule has 0 N–H and O–H groups in total. The number of urea groups is 1. The van der Waals surface area contributed by atoms with Crippen LogP contribution in [0.3, 0.4) is 0 Å². The van der Waals surface area contributed by atoms with Gasteiger partial charge in [0.05, 0.1) is 63.8 Å². The number of imide groups is 1. The number of aromatic nitrogens is 11. The van der Waals surface area contributed by atoms with Gasteiger partial charge in [-0.05, 0) is 145 Å². The molecule has 0 aliphatic carbocycles. The zero-order valence-corrected chi connectivity index (χ0v) is 66.7. The summed E-state index contributed by atoms with van der Waals surface area (Å²) in [6.07, 6.45) is 2.82. The second-order valence-corrected chi connectivity index (χ2v) is 29.7. The lowest BCUT2D eigenvalue weighted by Crippen LogP contribution is -2.38. The summed E-state index contributed by atoms with van der Waals surface area (Å²) in [5, 5.41) is 15.2. The molecule has 0 radical (unpaired) electrons. The predicted molar refractivity (Wildman–Crippen MR) is 420 cm³/mol. The number of pyridine rings is 3. The first kappa shape index (κ1) is 82.6. The lowest BCUT2D eigenvalue weighted by Gasteiger charge is -2.27. The lowest BCUT2D eigenvalue weighted by molar-refractivity contribution is -0.159. The number of nitrogens with zero attached hydrogens (tertiary/aromatic N) is 16. The summed E-state index contributed by atoms with van der Waals surface area (Å²) in [6.45, 7) is 8.51. The van der Waals surface area contributed by atoms with Crippen LogP contribution in [0.5, 0.6) is 17.2 Å². The number of likely N-dealkylation sites (N-methyl/N-ethyl adjacent to an activating group) is 1. The standard InChI is InChI=1S/C29H29ClF2N6O3.C27H25ClF3N5O3.C26H24ClF2N5O2/c1-17-10-25(38-14-20(32)13-33-38)21-6-5-7-26(28(21)34-17)41-16-23-22(11-19(31)12-24(23)30)18(2)37-15-27(39)36(29(37)40)9-8-35(3)4;1-14-7-20(26-32-13-33-35(26)3)18-5-4-6-23(25(18)34-14)38-12-21-19(8-16(29)9-22(21)28)15(2)36-11-17(10-24(36)37)39-27(30)31;1-14-9-19(25-30-13-31-33(25)3)17-5-4-6-23(24(17)32-14)36-12-20-18(10-16(28)11-21(20)27)15(2)34-8-7-22(29)26(34)35/h5-7,10-14,18H,8-9,15-16H2,1-4H3;4-9,13,15,17,27H,10-12H2,1-3H3;4-6,9-11,13,15,22H,7-8,12H2,1-3H3/t18-;15-,17-;15-,22+/m000/s1. The molecule has 12 aromatic rings. The molecule has 0 saturated carbocycles. The minimum absolute atomic E-state index is 0.00784. The van der Waals surface area contributed by atoms with Gasteiger partial charge in [-0.15, -0.1) is 0 Å². The van der Waals surface area contributed by atoms with Crippen LogP contribution in [0.4, 0.5) is 35.5 Å². The van der Waals surface area contributed by atoms with E-state index < -0.39 is 72.2 Å². The number of hydrogen-bond acceptors (Lipinski definition) is 17. The van der Waals surface area contributed by atoms with Gasteiger partial charge in [0.1, 0.15) is 90.3 Å². The van der Waals surface area contributed by atoms with E-state index in [4.69, 9.17) is 54.0 Å². The molecule has 9 heterocycles. The number of para-hydroxylation sites is 3. The molecule has 6 aromatic carbocycles.